The van der Waals surface area contributed by atoms with Gasteiger partial charge in [0.25, 0.3) is 0 Å². The molecule has 0 radical (unpaired) electrons. The number of fused-ring (bicyclic) bond motifs is 2. The lowest BCUT2D eigenvalue weighted by Crippen LogP contribution is -2.26. The van der Waals surface area contributed by atoms with E-state index in [0.717, 1.165) is 18.5 Å². The second-order valence-corrected chi connectivity index (χ2v) is 10.2. The van der Waals surface area contributed by atoms with Gasteiger partial charge in [0.05, 0.1) is 9.79 Å². The zero-order valence-electron chi connectivity index (χ0n) is 17.4. The number of rotatable bonds is 4. The first kappa shape index (κ1) is 20.1. The van der Waals surface area contributed by atoms with Gasteiger partial charge in [-0.3, -0.25) is 4.79 Å². The van der Waals surface area contributed by atoms with Crippen molar-refractivity contribution < 1.29 is 4.79 Å². The number of hydrogen-bond donors (Lipinski definition) is 0. The average Bonchev–Trinajstić information content (AvgIpc) is 2.75. The van der Waals surface area contributed by atoms with Crippen LogP contribution in [0, 0.1) is 0 Å². The fraction of sp³-hybridized carbons (Fsp3) is 0.240. The highest BCUT2D eigenvalue weighted by molar-refractivity contribution is 8.04. The van der Waals surface area contributed by atoms with Crippen LogP contribution in [0.3, 0.4) is 0 Å². The molecule has 4 rings (SSSR count). The molecular weight excluding hydrogens is 394 g/mol. The number of benzene rings is 3. The maximum Gasteiger partial charge on any atom is 0.223 e. The zero-order valence-corrected chi connectivity index (χ0v) is 19.0. The van der Waals surface area contributed by atoms with Gasteiger partial charge in [0.2, 0.25) is 5.91 Å². The summed E-state index contributed by atoms with van der Waals surface area (Å²) in [6.07, 6.45) is 1.97. The van der Waals surface area contributed by atoms with Gasteiger partial charge in [0, 0.05) is 14.0 Å². The lowest BCUT2D eigenvalue weighted by Gasteiger charge is -2.24. The SMILES string of the molecule is CCc1cc(N(C)C(C)=O)c([S+]2c3ccccc3Sc3ccccc32)cc1CC. The molecule has 0 fully saturated rings. The summed E-state index contributed by atoms with van der Waals surface area (Å²) in [6.45, 7) is 6.05. The zero-order chi connectivity index (χ0) is 20.5. The normalized spacial score (nSPS) is 13.0. The Morgan fingerprint density at radius 1 is 0.862 bits per heavy atom. The van der Waals surface area contributed by atoms with Gasteiger partial charge >= 0.3 is 0 Å². The van der Waals surface area contributed by atoms with Crippen molar-refractivity contribution in [3.05, 3.63) is 71.8 Å². The minimum atomic E-state index is -0.243. The number of carbonyl (C=O) groups excluding carboxylic acids is 1. The van der Waals surface area contributed by atoms with Crippen molar-refractivity contribution >= 4 is 34.3 Å². The fourth-order valence-corrected chi connectivity index (χ4v) is 7.75. The van der Waals surface area contributed by atoms with Crippen LogP contribution in [0.15, 0.2) is 85.1 Å². The summed E-state index contributed by atoms with van der Waals surface area (Å²) in [5, 5.41) is 0. The van der Waals surface area contributed by atoms with Crippen molar-refractivity contribution in [1.82, 2.24) is 0 Å². The van der Waals surface area contributed by atoms with Crippen LogP contribution in [0.4, 0.5) is 5.69 Å². The maximum atomic E-state index is 12.3. The van der Waals surface area contributed by atoms with Crippen LogP contribution >= 0.6 is 11.8 Å². The molecule has 1 aliphatic heterocycles. The molecule has 0 aliphatic carbocycles. The largest absolute Gasteiger partial charge is 0.311 e. The summed E-state index contributed by atoms with van der Waals surface area (Å²) in [5.41, 5.74) is 3.74. The molecule has 0 bridgehead atoms. The summed E-state index contributed by atoms with van der Waals surface area (Å²) < 4.78 is 0. The van der Waals surface area contributed by atoms with Crippen LogP contribution in [-0.2, 0) is 28.5 Å². The molecule has 0 atom stereocenters. The summed E-state index contributed by atoms with van der Waals surface area (Å²) in [4.78, 5) is 20.7. The highest BCUT2D eigenvalue weighted by Gasteiger charge is 2.40. The standard InChI is InChI=1S/C25H26NOS2/c1-5-18-15-20(26(4)17(3)27)25(16-19(18)6-2)29-23-13-9-7-11-21(23)28-22-12-8-10-14-24(22)29/h7-16H,5-6H2,1-4H3/q+1. The fourth-order valence-electron chi connectivity index (χ4n) is 3.79. The molecule has 1 aliphatic rings. The topological polar surface area (TPSA) is 20.3 Å². The van der Waals surface area contributed by atoms with E-state index in [-0.39, 0.29) is 16.8 Å². The molecule has 1 amide bonds. The third kappa shape index (κ3) is 3.60. The quantitative estimate of drug-likeness (QED) is 0.358. The Hall–Kier alpha value is -2.17. The lowest BCUT2D eigenvalue weighted by molar-refractivity contribution is -0.116. The summed E-state index contributed by atoms with van der Waals surface area (Å²) in [7, 11) is 1.65. The predicted octanol–water partition coefficient (Wildman–Crippen LogP) is 6.35. The second-order valence-electron chi connectivity index (χ2n) is 7.18. The van der Waals surface area contributed by atoms with Crippen LogP contribution in [0.2, 0.25) is 0 Å². The number of hydrogen-bond acceptors (Lipinski definition) is 2. The van der Waals surface area contributed by atoms with E-state index in [4.69, 9.17) is 0 Å². The van der Waals surface area contributed by atoms with Crippen LogP contribution in [0.25, 0.3) is 0 Å². The summed E-state index contributed by atoms with van der Waals surface area (Å²) >= 11 is 1.85. The Balaban J connectivity index is 2.03. The molecular formula is C25H26NOS2+. The highest BCUT2D eigenvalue weighted by atomic mass is 32.2. The number of aryl methyl sites for hydroxylation is 2. The smallest absolute Gasteiger partial charge is 0.223 e. The first-order chi connectivity index (χ1) is 14.0. The minimum absolute atomic E-state index is 0.0640. The van der Waals surface area contributed by atoms with E-state index in [1.54, 1.807) is 6.92 Å². The van der Waals surface area contributed by atoms with Gasteiger partial charge in [-0.05, 0) is 60.4 Å². The Labute approximate surface area is 180 Å². The third-order valence-electron chi connectivity index (χ3n) is 5.45. The molecule has 0 saturated carbocycles. The molecule has 1 heterocycles. The first-order valence-electron chi connectivity index (χ1n) is 10.0. The first-order valence-corrected chi connectivity index (χ1v) is 12.1. The molecule has 3 aromatic rings. The van der Waals surface area contributed by atoms with E-state index in [0.29, 0.717) is 0 Å². The van der Waals surface area contributed by atoms with Crippen LogP contribution in [0.1, 0.15) is 31.9 Å². The van der Waals surface area contributed by atoms with Crippen LogP contribution in [-0.4, -0.2) is 13.0 Å². The third-order valence-corrected chi connectivity index (χ3v) is 9.22. The number of anilines is 1. The van der Waals surface area contributed by atoms with E-state index >= 15 is 0 Å². The van der Waals surface area contributed by atoms with Gasteiger partial charge in [0.15, 0.2) is 14.7 Å². The highest BCUT2D eigenvalue weighted by Crippen LogP contribution is 2.50. The minimum Gasteiger partial charge on any atom is -0.311 e. The molecule has 2 nitrogen and oxygen atoms in total. The van der Waals surface area contributed by atoms with Crippen LogP contribution in [0.5, 0.6) is 0 Å². The molecule has 148 valence electrons. The van der Waals surface area contributed by atoms with Gasteiger partial charge in [-0.2, -0.15) is 0 Å². The van der Waals surface area contributed by atoms with Crippen molar-refractivity contribution in [2.45, 2.75) is 58.1 Å². The van der Waals surface area contributed by atoms with E-state index in [2.05, 4.69) is 74.5 Å². The Bertz CT molecular complexity index is 1030. The molecule has 0 aromatic heterocycles. The Morgan fingerprint density at radius 3 is 1.90 bits per heavy atom. The molecule has 0 unspecified atom stereocenters. The second kappa shape index (κ2) is 8.29. The van der Waals surface area contributed by atoms with Crippen molar-refractivity contribution in [1.29, 1.82) is 0 Å². The van der Waals surface area contributed by atoms with Crippen molar-refractivity contribution in [2.75, 3.05) is 11.9 Å². The van der Waals surface area contributed by atoms with E-state index < -0.39 is 0 Å². The van der Waals surface area contributed by atoms with Crippen molar-refractivity contribution in [3.63, 3.8) is 0 Å². The Kier molecular flexibility index (Phi) is 5.75. The van der Waals surface area contributed by atoms with Gasteiger partial charge < -0.3 is 4.90 Å². The van der Waals surface area contributed by atoms with Crippen molar-refractivity contribution in [3.8, 4) is 0 Å². The van der Waals surface area contributed by atoms with Crippen molar-refractivity contribution in [2.24, 2.45) is 0 Å². The molecule has 3 aromatic carbocycles. The summed E-state index contributed by atoms with van der Waals surface area (Å²) in [5.74, 6) is 0.0640. The van der Waals surface area contributed by atoms with Gasteiger partial charge in [-0.15, -0.1) is 0 Å². The molecule has 29 heavy (non-hydrogen) atoms. The Morgan fingerprint density at radius 2 is 1.38 bits per heavy atom. The number of nitrogens with zero attached hydrogens (tertiary/aromatic N) is 1. The van der Waals surface area contributed by atoms with E-state index in [1.807, 2.05) is 23.7 Å². The maximum absolute atomic E-state index is 12.3. The molecule has 0 N–H and O–H groups in total. The van der Waals surface area contributed by atoms with Gasteiger partial charge in [0.1, 0.15) is 16.6 Å². The molecule has 0 saturated heterocycles. The lowest BCUT2D eigenvalue weighted by atomic mass is 10.0. The predicted molar refractivity (Wildman–Crippen MR) is 123 cm³/mol. The molecule has 4 heteroatoms. The molecule has 0 spiro atoms. The summed E-state index contributed by atoms with van der Waals surface area (Å²) in [6, 6.07) is 22.0. The number of carbonyl (C=O) groups is 1. The van der Waals surface area contributed by atoms with Gasteiger partial charge in [-0.25, -0.2) is 0 Å². The van der Waals surface area contributed by atoms with E-state index in [9.17, 15) is 4.79 Å². The van der Waals surface area contributed by atoms with E-state index in [1.165, 1.54) is 35.6 Å². The monoisotopic (exact) mass is 420 g/mol. The number of amides is 1. The van der Waals surface area contributed by atoms with Gasteiger partial charge in [-0.1, -0.05) is 49.9 Å². The van der Waals surface area contributed by atoms with Crippen LogP contribution < -0.4 is 4.90 Å². The average molecular weight is 421 g/mol.